The second-order valence-electron chi connectivity index (χ2n) is 4.38. The van der Waals surface area contributed by atoms with Gasteiger partial charge in [-0.15, -0.1) is 0 Å². The summed E-state index contributed by atoms with van der Waals surface area (Å²) in [5.41, 5.74) is 0. The number of hydrogen-bond acceptors (Lipinski definition) is 5. The molecule has 0 aliphatic rings. The average molecular weight is 355 g/mol. The van der Waals surface area contributed by atoms with Crippen molar-refractivity contribution in [2.75, 3.05) is 13.7 Å². The van der Waals surface area contributed by atoms with Gasteiger partial charge < -0.3 is 14.6 Å². The molecule has 122 valence electrons. The number of halogens is 1. The first-order valence-corrected chi connectivity index (χ1v) is 8.26. The summed E-state index contributed by atoms with van der Waals surface area (Å²) >= 11 is 5.69. The zero-order valence-corrected chi connectivity index (χ0v) is 13.7. The highest BCUT2D eigenvalue weighted by atomic mass is 35.5. The maximum absolute atomic E-state index is 11.9. The molecule has 0 saturated heterocycles. The van der Waals surface area contributed by atoms with E-state index in [0.29, 0.717) is 16.5 Å². The topological polar surface area (TPSA) is 88.0 Å². The maximum atomic E-state index is 11.9. The van der Waals surface area contributed by atoms with Gasteiger partial charge in [-0.1, -0.05) is 11.6 Å². The number of ether oxygens (including phenoxy) is 2. The maximum Gasteiger partial charge on any atom is 0.281 e. The van der Waals surface area contributed by atoms with Crippen LogP contribution >= 0.6 is 11.6 Å². The van der Waals surface area contributed by atoms with Gasteiger partial charge in [0.1, 0.15) is 18.1 Å². The number of benzene rings is 2. The van der Waals surface area contributed by atoms with Crippen molar-refractivity contribution in [3.63, 3.8) is 0 Å². The smallest absolute Gasteiger partial charge is 0.281 e. The minimum Gasteiger partial charge on any atom is -0.859 e. The first-order chi connectivity index (χ1) is 10.9. The summed E-state index contributed by atoms with van der Waals surface area (Å²) < 4.78 is 37.3. The molecule has 0 unspecified atom stereocenters. The zero-order chi connectivity index (χ0) is 16.9. The lowest BCUT2D eigenvalue weighted by Crippen LogP contribution is -2.26. The van der Waals surface area contributed by atoms with Gasteiger partial charge in [0.2, 0.25) is 0 Å². The summed E-state index contributed by atoms with van der Waals surface area (Å²) in [4.78, 5) is -0.111. The quantitative estimate of drug-likeness (QED) is 0.583. The van der Waals surface area contributed by atoms with E-state index in [2.05, 4.69) is 4.40 Å². The highest BCUT2D eigenvalue weighted by molar-refractivity contribution is 7.90. The van der Waals surface area contributed by atoms with Crippen LogP contribution in [0.2, 0.25) is 5.02 Å². The van der Waals surface area contributed by atoms with Crippen molar-refractivity contribution < 1.29 is 23.0 Å². The fourth-order valence-electron chi connectivity index (χ4n) is 1.64. The van der Waals surface area contributed by atoms with Crippen molar-refractivity contribution in [3.05, 3.63) is 53.6 Å². The molecule has 6 nitrogen and oxygen atoms in total. The summed E-state index contributed by atoms with van der Waals surface area (Å²) in [6, 6.07) is 11.9. The van der Waals surface area contributed by atoms with Gasteiger partial charge in [0, 0.05) is 10.9 Å². The van der Waals surface area contributed by atoms with Crippen LogP contribution in [0.1, 0.15) is 0 Å². The van der Waals surface area contributed by atoms with Crippen molar-refractivity contribution in [2.45, 2.75) is 4.90 Å². The van der Waals surface area contributed by atoms with Crippen molar-refractivity contribution >= 4 is 27.5 Å². The van der Waals surface area contributed by atoms with E-state index in [1.54, 1.807) is 24.3 Å². The van der Waals surface area contributed by atoms with Crippen LogP contribution in [0.5, 0.6) is 11.5 Å². The Morgan fingerprint density at radius 2 is 1.65 bits per heavy atom. The van der Waals surface area contributed by atoms with Crippen LogP contribution in [0.25, 0.3) is 0 Å². The molecular weight excluding hydrogens is 342 g/mol. The van der Waals surface area contributed by atoms with Crippen molar-refractivity contribution in [1.82, 2.24) is 0 Å². The van der Waals surface area contributed by atoms with Gasteiger partial charge in [0.25, 0.3) is 10.0 Å². The standard InChI is InChI=1S/C15H14ClNO5S/c1-21-12-4-6-13(7-5-12)22-10-15(18)17-23(19,20)14-8-2-11(16)3-9-14/h2-9H,10H2,1H3,(H,17,18)/p-1. The van der Waals surface area contributed by atoms with E-state index in [1.807, 2.05) is 0 Å². The molecular formula is C15H13ClNO5S-. The first kappa shape index (κ1) is 17.1. The number of methoxy groups -OCH3 is 1. The molecule has 0 heterocycles. The van der Waals surface area contributed by atoms with Crippen LogP contribution in [0.4, 0.5) is 0 Å². The Morgan fingerprint density at radius 3 is 2.22 bits per heavy atom. The van der Waals surface area contributed by atoms with E-state index in [-0.39, 0.29) is 4.90 Å². The van der Waals surface area contributed by atoms with Gasteiger partial charge in [0.15, 0.2) is 0 Å². The van der Waals surface area contributed by atoms with Gasteiger partial charge in [-0.05, 0) is 48.5 Å². The Kier molecular flexibility index (Phi) is 5.46. The lowest BCUT2D eigenvalue weighted by Gasteiger charge is -2.12. The van der Waals surface area contributed by atoms with Crippen LogP contribution in [0, 0.1) is 0 Å². The SMILES string of the molecule is COc1ccc(OCC([O-])=NS(=O)(=O)c2ccc(Cl)cc2)cc1. The monoisotopic (exact) mass is 354 g/mol. The second-order valence-corrected chi connectivity index (χ2v) is 6.42. The molecule has 0 atom stereocenters. The summed E-state index contributed by atoms with van der Waals surface area (Å²) in [5, 5.41) is 12.1. The van der Waals surface area contributed by atoms with E-state index in [4.69, 9.17) is 21.1 Å². The zero-order valence-electron chi connectivity index (χ0n) is 12.1. The van der Waals surface area contributed by atoms with Gasteiger partial charge in [0.05, 0.1) is 12.0 Å². The fraction of sp³-hybridized carbons (Fsp3) is 0.133. The molecule has 2 aromatic carbocycles. The summed E-state index contributed by atoms with van der Waals surface area (Å²) in [5.74, 6) is 0.132. The Labute approximate surface area is 139 Å². The largest absolute Gasteiger partial charge is 0.859 e. The molecule has 2 rings (SSSR count). The molecule has 0 amide bonds. The molecule has 0 spiro atoms. The molecule has 23 heavy (non-hydrogen) atoms. The lowest BCUT2D eigenvalue weighted by molar-refractivity contribution is -0.220. The van der Waals surface area contributed by atoms with Crippen LogP contribution in [0.3, 0.4) is 0 Å². The Morgan fingerprint density at radius 1 is 1.09 bits per heavy atom. The van der Waals surface area contributed by atoms with Gasteiger partial charge in [-0.25, -0.2) is 0 Å². The normalized spacial score (nSPS) is 12.0. The summed E-state index contributed by atoms with van der Waals surface area (Å²) in [6.45, 7) is -0.487. The van der Waals surface area contributed by atoms with Crippen LogP contribution in [-0.2, 0) is 10.0 Å². The van der Waals surface area contributed by atoms with Crippen molar-refractivity contribution in [2.24, 2.45) is 4.40 Å². The molecule has 8 heteroatoms. The summed E-state index contributed by atoms with van der Waals surface area (Å²) in [7, 11) is -2.55. The molecule has 0 aromatic heterocycles. The predicted molar refractivity (Wildman–Crippen MR) is 84.6 cm³/mol. The second kappa shape index (κ2) is 7.34. The van der Waals surface area contributed by atoms with Crippen LogP contribution in [0.15, 0.2) is 57.8 Å². The average Bonchev–Trinajstić information content (AvgIpc) is 2.53. The minimum atomic E-state index is -4.07. The Bertz CT molecular complexity index is 786. The molecule has 0 fully saturated rings. The van der Waals surface area contributed by atoms with E-state index >= 15 is 0 Å². The number of rotatable bonds is 6. The Balaban J connectivity index is 2.04. The van der Waals surface area contributed by atoms with Gasteiger partial charge in [-0.2, -0.15) is 12.8 Å². The lowest BCUT2D eigenvalue weighted by atomic mass is 10.3. The third-order valence-corrected chi connectivity index (χ3v) is 4.32. The summed E-state index contributed by atoms with van der Waals surface area (Å²) in [6.07, 6.45) is 0. The fourth-order valence-corrected chi connectivity index (χ4v) is 2.67. The van der Waals surface area contributed by atoms with E-state index in [0.717, 1.165) is 0 Å². The van der Waals surface area contributed by atoms with E-state index in [9.17, 15) is 13.5 Å². The minimum absolute atomic E-state index is 0.111. The number of sulfonamides is 1. The third kappa shape index (κ3) is 4.87. The van der Waals surface area contributed by atoms with Crippen LogP contribution < -0.4 is 14.6 Å². The number of hydrogen-bond donors (Lipinski definition) is 0. The molecule has 2 aromatic rings. The van der Waals surface area contributed by atoms with Crippen LogP contribution in [-0.4, -0.2) is 28.0 Å². The van der Waals surface area contributed by atoms with Crippen molar-refractivity contribution in [1.29, 1.82) is 0 Å². The van der Waals surface area contributed by atoms with E-state index < -0.39 is 22.5 Å². The first-order valence-electron chi connectivity index (χ1n) is 6.44. The molecule has 0 radical (unpaired) electrons. The Hall–Kier alpha value is -2.25. The highest BCUT2D eigenvalue weighted by Crippen LogP contribution is 2.18. The van der Waals surface area contributed by atoms with Gasteiger partial charge in [-0.3, -0.25) is 0 Å². The molecule has 0 saturated carbocycles. The third-order valence-electron chi connectivity index (χ3n) is 2.76. The van der Waals surface area contributed by atoms with E-state index in [1.165, 1.54) is 31.4 Å². The van der Waals surface area contributed by atoms with Gasteiger partial charge >= 0.3 is 0 Å². The molecule has 0 bridgehead atoms. The molecule has 0 aliphatic heterocycles. The predicted octanol–water partition coefficient (Wildman–Crippen LogP) is 1.88. The number of nitrogens with zero attached hydrogens (tertiary/aromatic N) is 1. The highest BCUT2D eigenvalue weighted by Gasteiger charge is 2.11. The molecule has 0 N–H and O–H groups in total. The van der Waals surface area contributed by atoms with Crippen molar-refractivity contribution in [3.8, 4) is 11.5 Å². The molecule has 0 aliphatic carbocycles.